The van der Waals surface area contributed by atoms with Gasteiger partial charge in [-0.05, 0) is 0 Å². The molecule has 4 heavy (non-hydrogen) atoms. The first-order valence-corrected chi connectivity index (χ1v) is 0. The molecule has 0 aromatic carbocycles. The van der Waals surface area contributed by atoms with E-state index in [1.807, 2.05) is 0 Å². The molecule has 1 heteroatoms. The first-order chi connectivity index (χ1) is 0. The fourth-order valence-electron chi connectivity index (χ4n) is 0. The molecule has 0 unspecified atom stereocenters. The predicted octanol–water partition coefficient (Wildman–Crippen LogP) is 1.35. The second-order valence-corrected chi connectivity index (χ2v) is 0. The van der Waals surface area contributed by atoms with Crippen molar-refractivity contribution in [1.29, 1.82) is 0 Å². The van der Waals surface area contributed by atoms with Crippen LogP contribution in [0.1, 0.15) is 0 Å². The van der Waals surface area contributed by atoms with Crippen molar-refractivity contribution in [2.75, 3.05) is 0 Å². The Morgan fingerprint density at radius 3 is 0.500 bits per heavy atom. The van der Waals surface area contributed by atoms with Crippen LogP contribution in [0.3, 0.4) is 0 Å². The van der Waals surface area contributed by atoms with Gasteiger partial charge in [-0.1, -0.05) is 0 Å². The molecule has 29 valence electrons. The van der Waals surface area contributed by atoms with E-state index in [0.717, 1.165) is 0 Å². The summed E-state index contributed by atoms with van der Waals surface area (Å²) in [6.45, 7) is 0. The Morgan fingerprint density at radius 1 is 0.500 bits per heavy atom. The molecule has 0 aliphatic carbocycles. The third-order valence-electron chi connectivity index (χ3n) is 0. The van der Waals surface area contributed by atoms with E-state index in [1.54, 1.807) is 0 Å². The minimum atomic E-state index is 0. The summed E-state index contributed by atoms with van der Waals surface area (Å²) >= 11 is 0. The van der Waals surface area contributed by atoms with Crippen molar-refractivity contribution in [2.24, 2.45) is 0 Å². The molecule has 0 N–H and O–H groups in total. The molecule has 0 fully saturated rings. The molecule has 0 bridgehead atoms. The van der Waals surface area contributed by atoms with Crippen LogP contribution in [0.25, 0.3) is 0 Å². The first-order valence-electron chi connectivity index (χ1n) is 0. The van der Waals surface area contributed by atoms with E-state index >= 15 is 0 Å². The summed E-state index contributed by atoms with van der Waals surface area (Å²) in [5, 5.41) is 0. The first kappa shape index (κ1) is 172. The number of hydrogen-bond donors (Lipinski definition) is 0. The largest absolute Gasteiger partial charge is 0.358 e. The third kappa shape index (κ3) is 19.0. The third-order valence-corrected chi connectivity index (χ3v) is 0. The van der Waals surface area contributed by atoms with Crippen LogP contribution in [-0.2, 0) is 18.6 Å². The zero-order valence-electron chi connectivity index (χ0n) is 3.45. The molecule has 0 saturated carbocycles. The van der Waals surface area contributed by atoms with Crippen LogP contribution in [0, 0.1) is 22.3 Å². The Kier molecular flexibility index (Phi) is 3020. The summed E-state index contributed by atoms with van der Waals surface area (Å²) in [5.41, 5.74) is 0. The fourth-order valence-corrected chi connectivity index (χ4v) is 0. The monoisotopic (exact) mass is 96.0 g/mol. The molecule has 0 aromatic heterocycles. The Labute approximate surface area is 41.5 Å². The van der Waals surface area contributed by atoms with E-state index in [1.165, 1.54) is 0 Å². The minimum Gasteiger partial charge on any atom is -0.358 e. The normalized spacial score (nSPS) is 0. The Balaban J connectivity index is 0. The molecule has 0 saturated heterocycles. The molecule has 0 nitrogen and oxygen atoms in total. The summed E-state index contributed by atoms with van der Waals surface area (Å²) < 4.78 is 0. The van der Waals surface area contributed by atoms with E-state index in [-0.39, 0.29) is 40.8 Å². The van der Waals surface area contributed by atoms with Gasteiger partial charge in [0, 0.05) is 18.6 Å². The molecule has 0 amide bonds. The van der Waals surface area contributed by atoms with Crippen LogP contribution >= 0.6 is 0 Å². The van der Waals surface area contributed by atoms with Crippen molar-refractivity contribution in [3.05, 3.63) is 22.3 Å². The molecule has 0 atom stereocenters. The van der Waals surface area contributed by atoms with Crippen molar-refractivity contribution in [3.8, 4) is 0 Å². The van der Waals surface area contributed by atoms with Gasteiger partial charge in [0.05, 0.1) is 0 Å². The minimum absolute atomic E-state index is 0. The van der Waals surface area contributed by atoms with Gasteiger partial charge in [-0.3, -0.25) is 0 Å². The van der Waals surface area contributed by atoms with E-state index in [9.17, 15) is 0 Å². The average Bonchev–Trinajstić information content (AvgIpc) is 0. The molecule has 0 aliphatic heterocycles. The van der Waals surface area contributed by atoms with Gasteiger partial charge in [0.25, 0.3) is 0 Å². The zero-order chi connectivity index (χ0) is 0. The molecule has 0 spiro atoms. The second kappa shape index (κ2) is 70.1. The van der Waals surface area contributed by atoms with Gasteiger partial charge < -0.3 is 22.3 Å². The Bertz CT molecular complexity index is 3.25. The van der Waals surface area contributed by atoms with Gasteiger partial charge in [-0.25, -0.2) is 0 Å². The maximum absolute atomic E-state index is 0. The van der Waals surface area contributed by atoms with Crippen LogP contribution in [0.5, 0.6) is 0 Å². The number of hydrogen-bond acceptors (Lipinski definition) is 0. The molecule has 0 aliphatic rings. The maximum Gasteiger partial charge on any atom is 0 e. The van der Waals surface area contributed by atoms with Gasteiger partial charge >= 0.3 is 0 Å². The van der Waals surface area contributed by atoms with Crippen molar-refractivity contribution in [1.82, 2.24) is 0 Å². The zero-order valence-corrected chi connectivity index (χ0v) is 4.84. The van der Waals surface area contributed by atoms with E-state index in [0.29, 0.717) is 0 Å². The molecule has 1 radical (unpaired) electrons. The maximum atomic E-state index is 0. The van der Waals surface area contributed by atoms with Crippen LogP contribution in [0.4, 0.5) is 0 Å². The Hall–Kier alpha value is 0.584. The molecule has 0 rings (SSSR count). The number of rotatable bonds is 0. The summed E-state index contributed by atoms with van der Waals surface area (Å²) in [6.07, 6.45) is 0. The van der Waals surface area contributed by atoms with Crippen LogP contribution in [0.15, 0.2) is 0 Å². The van der Waals surface area contributed by atoms with Gasteiger partial charge in [0.2, 0.25) is 0 Å². The van der Waals surface area contributed by atoms with Crippen molar-refractivity contribution >= 4 is 0 Å². The summed E-state index contributed by atoms with van der Waals surface area (Å²) in [4.78, 5) is 0. The summed E-state index contributed by atoms with van der Waals surface area (Å²) in [7, 11) is 0. The van der Waals surface area contributed by atoms with Crippen molar-refractivity contribution < 1.29 is 18.6 Å². The van der Waals surface area contributed by atoms with Crippen LogP contribution < -0.4 is 0 Å². The summed E-state index contributed by atoms with van der Waals surface area (Å²) in [6, 6.07) is 0. The van der Waals surface area contributed by atoms with Gasteiger partial charge in [-0.15, -0.1) is 0 Å². The smallest absolute Gasteiger partial charge is 0 e. The van der Waals surface area contributed by atoms with Gasteiger partial charge in [0.1, 0.15) is 0 Å². The predicted molar refractivity (Wildman–Crippen MR) is 19.2 cm³/mol. The molecule has 0 aromatic rings. The molecular formula is C3H9V-3. The van der Waals surface area contributed by atoms with Crippen LogP contribution in [0.2, 0.25) is 0 Å². The molecule has 0 heterocycles. The summed E-state index contributed by atoms with van der Waals surface area (Å²) in [5.74, 6) is 0. The van der Waals surface area contributed by atoms with E-state index < -0.39 is 0 Å². The van der Waals surface area contributed by atoms with E-state index in [4.69, 9.17) is 0 Å². The SMILES string of the molecule is [CH3-].[CH3-].[CH3-].[V]. The molecular weight excluding hydrogens is 87.0 g/mol. The standard InChI is InChI=1S/3CH3.V/h3*1H3;/q3*-1;. The quantitative estimate of drug-likeness (QED) is 0.399. The van der Waals surface area contributed by atoms with Crippen LogP contribution in [-0.4, -0.2) is 0 Å². The Morgan fingerprint density at radius 2 is 0.500 bits per heavy atom. The topological polar surface area (TPSA) is 0 Å². The van der Waals surface area contributed by atoms with Crippen molar-refractivity contribution in [2.45, 2.75) is 0 Å². The van der Waals surface area contributed by atoms with Gasteiger partial charge in [0.15, 0.2) is 0 Å². The van der Waals surface area contributed by atoms with Gasteiger partial charge in [-0.2, -0.15) is 0 Å². The van der Waals surface area contributed by atoms with Crippen molar-refractivity contribution in [3.63, 3.8) is 0 Å². The van der Waals surface area contributed by atoms with E-state index in [2.05, 4.69) is 0 Å². The second-order valence-electron chi connectivity index (χ2n) is 0. The average molecular weight is 96.0 g/mol. The fraction of sp³-hybridized carbons (Fsp3) is 0.